The molecule has 1 aliphatic heterocycles. The number of pyridine rings is 1. The first-order valence-corrected chi connectivity index (χ1v) is 13.6. The van der Waals surface area contributed by atoms with Crippen molar-refractivity contribution in [3.63, 3.8) is 0 Å². The summed E-state index contributed by atoms with van der Waals surface area (Å²) in [5, 5.41) is 12.8. The zero-order valence-corrected chi connectivity index (χ0v) is 21.3. The Hall–Kier alpha value is -3.40. The number of ether oxygens (including phenoxy) is 1. The number of rotatable bonds is 5. The van der Waals surface area contributed by atoms with Crippen molar-refractivity contribution < 1.29 is 14.6 Å². The van der Waals surface area contributed by atoms with Crippen LogP contribution in [0.5, 0.6) is 0 Å². The van der Waals surface area contributed by atoms with Crippen molar-refractivity contribution in [2.75, 3.05) is 36.5 Å². The fraction of sp³-hybridized carbons (Fsp3) is 0.357. The summed E-state index contributed by atoms with van der Waals surface area (Å²) in [4.78, 5) is 30.5. The third-order valence-corrected chi connectivity index (χ3v) is 8.24. The van der Waals surface area contributed by atoms with Crippen LogP contribution in [0.15, 0.2) is 54.9 Å². The summed E-state index contributed by atoms with van der Waals surface area (Å²) in [6, 6.07) is 13.8. The monoisotopic (exact) mass is 515 g/mol. The Labute approximate surface area is 219 Å². The van der Waals surface area contributed by atoms with Gasteiger partial charge >= 0.3 is 0 Å². The molecule has 3 aromatic heterocycles. The van der Waals surface area contributed by atoms with Crippen molar-refractivity contribution >= 4 is 39.0 Å². The molecule has 190 valence electrons. The molecule has 0 unspecified atom stereocenters. The van der Waals surface area contributed by atoms with Crippen LogP contribution in [0, 0.1) is 5.92 Å². The molecule has 0 atom stereocenters. The number of anilines is 2. The second kappa shape index (κ2) is 10.5. The van der Waals surface area contributed by atoms with E-state index < -0.39 is 0 Å². The van der Waals surface area contributed by atoms with Gasteiger partial charge in [0.1, 0.15) is 0 Å². The number of hydrogen-bond acceptors (Lipinski definition) is 8. The number of aromatic nitrogens is 3. The zero-order chi connectivity index (χ0) is 25.2. The largest absolute Gasteiger partial charge is 0.393 e. The third-order valence-electron chi connectivity index (χ3n) is 7.07. The Bertz CT molecular complexity index is 1400. The number of carbonyl (C=O) groups excluding carboxylic acids is 1. The van der Waals surface area contributed by atoms with Crippen molar-refractivity contribution in [1.82, 2.24) is 15.0 Å². The predicted octanol–water partition coefficient (Wildman–Crippen LogP) is 4.75. The van der Waals surface area contributed by atoms with Crippen LogP contribution in [-0.4, -0.2) is 58.4 Å². The number of nitrogens with one attached hydrogen (secondary N) is 1. The summed E-state index contributed by atoms with van der Waals surface area (Å²) in [6.45, 7) is 2.89. The molecule has 4 heterocycles. The summed E-state index contributed by atoms with van der Waals surface area (Å²) in [6.07, 6.45) is 6.15. The first kappa shape index (κ1) is 24.0. The summed E-state index contributed by atoms with van der Waals surface area (Å²) in [7, 11) is 0. The molecule has 9 heteroatoms. The lowest BCUT2D eigenvalue weighted by molar-refractivity contribution is -0.121. The first-order chi connectivity index (χ1) is 18.1. The second-order valence-electron chi connectivity index (χ2n) is 9.61. The van der Waals surface area contributed by atoms with Gasteiger partial charge in [-0.15, -0.1) is 11.3 Å². The molecule has 0 bridgehead atoms. The van der Waals surface area contributed by atoms with Crippen LogP contribution in [0.3, 0.4) is 0 Å². The Morgan fingerprint density at radius 1 is 1.03 bits per heavy atom. The van der Waals surface area contributed by atoms with Crippen LogP contribution in [0.25, 0.3) is 32.0 Å². The van der Waals surface area contributed by atoms with Crippen molar-refractivity contribution in [2.45, 2.75) is 31.8 Å². The Morgan fingerprint density at radius 2 is 1.84 bits per heavy atom. The Balaban J connectivity index is 1.34. The molecule has 0 spiro atoms. The number of fused-ring (bicyclic) bond motifs is 1. The standard InChI is InChI=1S/C28H29N5O3S/c34-22-8-6-18(7-9-22)28(35)30-21-5-1-3-19(15-21)26-31-23-16-24(20-4-2-10-29-17-20)37-25(23)27(32-26)33-11-13-36-14-12-33/h1-5,10,15-18,22,34H,6-9,11-14H2,(H,30,35). The number of benzene rings is 1. The fourth-order valence-electron chi connectivity index (χ4n) is 5.00. The third kappa shape index (κ3) is 5.20. The Kier molecular flexibility index (Phi) is 6.82. The predicted molar refractivity (Wildman–Crippen MR) is 146 cm³/mol. The number of aliphatic hydroxyl groups is 1. The smallest absolute Gasteiger partial charge is 0.227 e. The summed E-state index contributed by atoms with van der Waals surface area (Å²) in [5.74, 6) is 1.48. The summed E-state index contributed by atoms with van der Waals surface area (Å²) in [5.41, 5.74) is 3.53. The van der Waals surface area contributed by atoms with Gasteiger partial charge in [-0.1, -0.05) is 18.2 Å². The van der Waals surface area contributed by atoms with Gasteiger partial charge < -0.3 is 20.1 Å². The van der Waals surface area contributed by atoms with Gasteiger partial charge in [0, 0.05) is 53.1 Å². The van der Waals surface area contributed by atoms with Gasteiger partial charge in [0.25, 0.3) is 0 Å². The van der Waals surface area contributed by atoms with Gasteiger partial charge in [-0.3, -0.25) is 9.78 Å². The molecule has 0 radical (unpaired) electrons. The fourth-order valence-corrected chi connectivity index (χ4v) is 6.11. The number of amides is 1. The average Bonchev–Trinajstić information content (AvgIpc) is 3.38. The minimum absolute atomic E-state index is 0.00775. The van der Waals surface area contributed by atoms with E-state index in [0.717, 1.165) is 50.8 Å². The number of carbonyl (C=O) groups is 1. The van der Waals surface area contributed by atoms with Crippen LogP contribution in [0.2, 0.25) is 0 Å². The van der Waals surface area contributed by atoms with Gasteiger partial charge in [-0.25, -0.2) is 9.97 Å². The maximum absolute atomic E-state index is 12.8. The van der Waals surface area contributed by atoms with Crippen LogP contribution in [-0.2, 0) is 9.53 Å². The molecular formula is C28H29N5O3S. The van der Waals surface area contributed by atoms with E-state index in [1.54, 1.807) is 17.5 Å². The van der Waals surface area contributed by atoms with E-state index in [9.17, 15) is 9.90 Å². The van der Waals surface area contributed by atoms with Crippen LogP contribution < -0.4 is 10.2 Å². The molecule has 1 saturated heterocycles. The number of morpholine rings is 1. The highest BCUT2D eigenvalue weighted by Crippen LogP contribution is 2.39. The minimum Gasteiger partial charge on any atom is -0.393 e. The van der Waals surface area contributed by atoms with Crippen molar-refractivity contribution in [1.29, 1.82) is 0 Å². The van der Waals surface area contributed by atoms with E-state index >= 15 is 0 Å². The topological polar surface area (TPSA) is 100 Å². The van der Waals surface area contributed by atoms with Crippen molar-refractivity contribution in [3.8, 4) is 21.8 Å². The molecule has 6 rings (SSSR count). The van der Waals surface area contributed by atoms with E-state index in [1.807, 2.05) is 36.5 Å². The van der Waals surface area contributed by atoms with E-state index in [1.165, 1.54) is 0 Å². The van der Waals surface area contributed by atoms with Gasteiger partial charge in [-0.2, -0.15) is 0 Å². The lowest BCUT2D eigenvalue weighted by atomic mass is 9.87. The van der Waals surface area contributed by atoms with Gasteiger partial charge in [0.05, 0.1) is 29.5 Å². The van der Waals surface area contributed by atoms with E-state index in [2.05, 4.69) is 27.3 Å². The van der Waals surface area contributed by atoms with E-state index in [4.69, 9.17) is 14.7 Å². The normalized spacial score (nSPS) is 20.2. The highest BCUT2D eigenvalue weighted by Gasteiger charge is 2.25. The molecule has 1 saturated carbocycles. The van der Waals surface area contributed by atoms with Crippen LogP contribution >= 0.6 is 11.3 Å². The SMILES string of the molecule is O=C(Nc1cccc(-c2nc(N3CCOCC3)c3sc(-c4cccnc4)cc3n2)c1)C1CCC(O)CC1. The molecule has 37 heavy (non-hydrogen) atoms. The molecule has 1 amide bonds. The Morgan fingerprint density at radius 3 is 2.62 bits per heavy atom. The molecule has 2 fully saturated rings. The van der Waals surface area contributed by atoms with Crippen molar-refractivity contribution in [3.05, 3.63) is 54.9 Å². The zero-order valence-electron chi connectivity index (χ0n) is 20.5. The van der Waals surface area contributed by atoms with Crippen LogP contribution in [0.1, 0.15) is 25.7 Å². The van der Waals surface area contributed by atoms with E-state index in [0.29, 0.717) is 44.7 Å². The first-order valence-electron chi connectivity index (χ1n) is 12.8. The summed E-state index contributed by atoms with van der Waals surface area (Å²) >= 11 is 1.68. The number of thiophene rings is 1. The molecule has 2 aliphatic rings. The maximum atomic E-state index is 12.8. The van der Waals surface area contributed by atoms with Gasteiger partial charge in [0.15, 0.2) is 11.6 Å². The second-order valence-corrected chi connectivity index (χ2v) is 10.7. The van der Waals surface area contributed by atoms with E-state index in [-0.39, 0.29) is 17.9 Å². The number of hydrogen-bond donors (Lipinski definition) is 2. The molecule has 4 aromatic rings. The summed E-state index contributed by atoms with van der Waals surface area (Å²) < 4.78 is 6.64. The van der Waals surface area contributed by atoms with Crippen molar-refractivity contribution in [2.24, 2.45) is 5.92 Å². The quantitative estimate of drug-likeness (QED) is 0.396. The molecule has 1 aromatic carbocycles. The lowest BCUT2D eigenvalue weighted by Crippen LogP contribution is -2.36. The molecular weight excluding hydrogens is 486 g/mol. The highest BCUT2D eigenvalue weighted by molar-refractivity contribution is 7.22. The average molecular weight is 516 g/mol. The highest BCUT2D eigenvalue weighted by atomic mass is 32.1. The maximum Gasteiger partial charge on any atom is 0.227 e. The minimum atomic E-state index is -0.282. The van der Waals surface area contributed by atoms with Gasteiger partial charge in [0.2, 0.25) is 5.91 Å². The van der Waals surface area contributed by atoms with Gasteiger partial charge in [-0.05, 0) is 49.9 Å². The molecule has 1 aliphatic carbocycles. The van der Waals surface area contributed by atoms with Crippen LogP contribution in [0.4, 0.5) is 11.5 Å². The molecule has 2 N–H and O–H groups in total. The lowest BCUT2D eigenvalue weighted by Gasteiger charge is -2.28. The number of aliphatic hydroxyl groups excluding tert-OH is 1. The molecule has 8 nitrogen and oxygen atoms in total. The number of nitrogens with zero attached hydrogens (tertiary/aromatic N) is 4.